The molecule has 0 aliphatic rings. The highest BCUT2D eigenvalue weighted by Gasteiger charge is 2.02. The van der Waals surface area contributed by atoms with E-state index >= 15 is 0 Å². The molecule has 1 unspecified atom stereocenters. The fourth-order valence-corrected chi connectivity index (χ4v) is 4.14. The number of aliphatic carboxylic acids is 1. The predicted molar refractivity (Wildman–Crippen MR) is 127 cm³/mol. The van der Waals surface area contributed by atoms with Gasteiger partial charge in [-0.15, -0.1) is 0 Å². The average Bonchev–Trinajstić information content (AvgIpc) is 2.70. The topological polar surface area (TPSA) is 63.3 Å². The molecule has 0 aromatic carbocycles. The molecule has 0 aliphatic heterocycles. The standard InChI is InChI=1S/C26H53NO2/c1-2-3-4-5-6-13-16-19-22-25(27)23-20-17-14-11-9-7-8-10-12-15-18-21-24-26(28)29/h25H,2-24,27H2,1H3,(H,28,29). The molecule has 0 saturated carbocycles. The highest BCUT2D eigenvalue weighted by Crippen LogP contribution is 2.15. The van der Waals surface area contributed by atoms with Gasteiger partial charge in [0.05, 0.1) is 0 Å². The summed E-state index contributed by atoms with van der Waals surface area (Å²) >= 11 is 0. The summed E-state index contributed by atoms with van der Waals surface area (Å²) in [5.74, 6) is -0.657. The number of carbonyl (C=O) groups is 1. The van der Waals surface area contributed by atoms with E-state index in [1.54, 1.807) is 0 Å². The lowest BCUT2D eigenvalue weighted by molar-refractivity contribution is -0.137. The summed E-state index contributed by atoms with van der Waals surface area (Å²) in [4.78, 5) is 10.4. The monoisotopic (exact) mass is 411 g/mol. The van der Waals surface area contributed by atoms with Crippen molar-refractivity contribution in [2.75, 3.05) is 0 Å². The van der Waals surface area contributed by atoms with Crippen LogP contribution in [0.5, 0.6) is 0 Å². The molecule has 0 saturated heterocycles. The molecule has 0 rings (SSSR count). The molecule has 0 aliphatic carbocycles. The fourth-order valence-electron chi connectivity index (χ4n) is 4.14. The van der Waals surface area contributed by atoms with Crippen molar-refractivity contribution in [2.24, 2.45) is 5.73 Å². The zero-order chi connectivity index (χ0) is 21.4. The van der Waals surface area contributed by atoms with Crippen LogP contribution in [-0.2, 0) is 4.79 Å². The Morgan fingerprint density at radius 1 is 0.586 bits per heavy atom. The van der Waals surface area contributed by atoms with Gasteiger partial charge in [-0.25, -0.2) is 0 Å². The van der Waals surface area contributed by atoms with E-state index < -0.39 is 5.97 Å². The van der Waals surface area contributed by atoms with Gasteiger partial charge in [0, 0.05) is 12.5 Å². The van der Waals surface area contributed by atoms with E-state index in [2.05, 4.69) is 6.92 Å². The molecule has 0 aromatic heterocycles. The number of rotatable bonds is 24. The minimum atomic E-state index is -0.657. The first-order chi connectivity index (χ1) is 14.2. The fraction of sp³-hybridized carbons (Fsp3) is 0.962. The van der Waals surface area contributed by atoms with E-state index in [4.69, 9.17) is 10.8 Å². The zero-order valence-corrected chi connectivity index (χ0v) is 19.8. The van der Waals surface area contributed by atoms with Gasteiger partial charge in [0.1, 0.15) is 0 Å². The SMILES string of the molecule is CCCCCCCCCCC(N)CCCCCCCCCCCCCCC(=O)O. The van der Waals surface area contributed by atoms with E-state index in [1.165, 1.54) is 128 Å². The number of carboxylic acids is 1. The Balaban J connectivity index is 3.13. The third kappa shape index (κ3) is 25.4. The van der Waals surface area contributed by atoms with Crippen molar-refractivity contribution < 1.29 is 9.90 Å². The largest absolute Gasteiger partial charge is 0.481 e. The molecule has 0 heterocycles. The molecule has 3 nitrogen and oxygen atoms in total. The van der Waals surface area contributed by atoms with Crippen molar-refractivity contribution in [3.8, 4) is 0 Å². The van der Waals surface area contributed by atoms with Crippen molar-refractivity contribution in [3.63, 3.8) is 0 Å². The van der Waals surface area contributed by atoms with Crippen LogP contribution in [0, 0.1) is 0 Å². The van der Waals surface area contributed by atoms with Crippen LogP contribution in [0.3, 0.4) is 0 Å². The molecule has 3 N–H and O–H groups in total. The summed E-state index contributed by atoms with van der Waals surface area (Å²) < 4.78 is 0. The van der Waals surface area contributed by atoms with Crippen LogP contribution < -0.4 is 5.73 Å². The summed E-state index contributed by atoms with van der Waals surface area (Å²) in [7, 11) is 0. The molecule has 0 aromatic rings. The second-order valence-electron chi connectivity index (χ2n) is 9.20. The lowest BCUT2D eigenvalue weighted by Crippen LogP contribution is -2.19. The minimum Gasteiger partial charge on any atom is -0.481 e. The maximum Gasteiger partial charge on any atom is 0.303 e. The Morgan fingerprint density at radius 2 is 0.897 bits per heavy atom. The molecule has 0 bridgehead atoms. The van der Waals surface area contributed by atoms with Crippen LogP contribution in [0.25, 0.3) is 0 Å². The van der Waals surface area contributed by atoms with Gasteiger partial charge < -0.3 is 10.8 Å². The Kier molecular flexibility index (Phi) is 23.2. The van der Waals surface area contributed by atoms with E-state index in [9.17, 15) is 4.79 Å². The lowest BCUT2D eigenvalue weighted by atomic mass is 10.00. The first-order valence-electron chi connectivity index (χ1n) is 13.1. The number of unbranched alkanes of at least 4 members (excludes halogenated alkanes) is 18. The second-order valence-corrected chi connectivity index (χ2v) is 9.20. The molecule has 0 radical (unpaired) electrons. The quantitative estimate of drug-likeness (QED) is 0.157. The first kappa shape index (κ1) is 28.4. The molecule has 29 heavy (non-hydrogen) atoms. The van der Waals surface area contributed by atoms with Gasteiger partial charge in [-0.05, 0) is 19.3 Å². The van der Waals surface area contributed by atoms with Gasteiger partial charge in [0.15, 0.2) is 0 Å². The average molecular weight is 412 g/mol. The van der Waals surface area contributed by atoms with Gasteiger partial charge in [0.2, 0.25) is 0 Å². The molecule has 174 valence electrons. The number of hydrogen-bond donors (Lipinski definition) is 2. The van der Waals surface area contributed by atoms with Crippen LogP contribution in [0.4, 0.5) is 0 Å². The summed E-state index contributed by atoms with van der Waals surface area (Å²) in [6.07, 6.45) is 29.1. The molecular formula is C26H53NO2. The van der Waals surface area contributed by atoms with Crippen molar-refractivity contribution in [2.45, 2.75) is 161 Å². The van der Waals surface area contributed by atoms with Crippen molar-refractivity contribution in [1.82, 2.24) is 0 Å². The van der Waals surface area contributed by atoms with Gasteiger partial charge in [0.25, 0.3) is 0 Å². The Bertz CT molecular complexity index is 333. The molecule has 0 spiro atoms. The normalized spacial score (nSPS) is 12.3. The maximum atomic E-state index is 10.4. The number of hydrogen-bond acceptors (Lipinski definition) is 2. The van der Waals surface area contributed by atoms with Gasteiger partial charge in [-0.3, -0.25) is 4.79 Å². The van der Waals surface area contributed by atoms with Crippen molar-refractivity contribution in [3.05, 3.63) is 0 Å². The van der Waals surface area contributed by atoms with Crippen LogP contribution in [-0.4, -0.2) is 17.1 Å². The molecule has 3 heteroatoms. The van der Waals surface area contributed by atoms with Gasteiger partial charge in [-0.2, -0.15) is 0 Å². The molecular weight excluding hydrogens is 358 g/mol. The van der Waals surface area contributed by atoms with E-state index in [-0.39, 0.29) is 0 Å². The minimum absolute atomic E-state index is 0.337. The third-order valence-electron chi connectivity index (χ3n) is 6.14. The van der Waals surface area contributed by atoms with Crippen LogP contribution in [0.2, 0.25) is 0 Å². The second kappa shape index (κ2) is 23.7. The van der Waals surface area contributed by atoms with Crippen molar-refractivity contribution >= 4 is 5.97 Å². The van der Waals surface area contributed by atoms with Gasteiger partial charge in [-0.1, -0.05) is 129 Å². The van der Waals surface area contributed by atoms with Crippen LogP contribution in [0.1, 0.15) is 155 Å². The third-order valence-corrected chi connectivity index (χ3v) is 6.14. The first-order valence-corrected chi connectivity index (χ1v) is 13.1. The maximum absolute atomic E-state index is 10.4. The Hall–Kier alpha value is -0.570. The highest BCUT2D eigenvalue weighted by molar-refractivity contribution is 5.66. The Morgan fingerprint density at radius 3 is 1.24 bits per heavy atom. The van der Waals surface area contributed by atoms with Gasteiger partial charge >= 0.3 is 5.97 Å². The zero-order valence-electron chi connectivity index (χ0n) is 19.8. The van der Waals surface area contributed by atoms with Crippen LogP contribution in [0.15, 0.2) is 0 Å². The summed E-state index contributed by atoms with van der Waals surface area (Å²) in [5, 5.41) is 8.59. The lowest BCUT2D eigenvalue weighted by Gasteiger charge is -2.11. The van der Waals surface area contributed by atoms with E-state index in [0.717, 1.165) is 12.8 Å². The number of nitrogens with two attached hydrogens (primary N) is 1. The summed E-state index contributed by atoms with van der Waals surface area (Å²) in [6, 6.07) is 0.436. The van der Waals surface area contributed by atoms with Crippen molar-refractivity contribution in [1.29, 1.82) is 0 Å². The summed E-state index contributed by atoms with van der Waals surface area (Å²) in [6.45, 7) is 2.28. The van der Waals surface area contributed by atoms with E-state index in [0.29, 0.717) is 12.5 Å². The molecule has 1 atom stereocenters. The predicted octanol–water partition coefficient (Wildman–Crippen LogP) is 8.39. The molecule has 0 fully saturated rings. The van der Waals surface area contributed by atoms with Crippen LogP contribution >= 0.6 is 0 Å². The van der Waals surface area contributed by atoms with E-state index in [1.807, 2.05) is 0 Å². The number of carboxylic acid groups (broad SMARTS) is 1. The Labute approximate surface area is 182 Å². The molecule has 0 amide bonds. The summed E-state index contributed by atoms with van der Waals surface area (Å²) in [5.41, 5.74) is 6.28. The highest BCUT2D eigenvalue weighted by atomic mass is 16.4. The smallest absolute Gasteiger partial charge is 0.303 e.